The van der Waals surface area contributed by atoms with Crippen molar-refractivity contribution >= 4 is 28.4 Å². The Kier molecular flexibility index (Phi) is 6.72. The summed E-state index contributed by atoms with van der Waals surface area (Å²) in [6.45, 7) is 10.6. The van der Waals surface area contributed by atoms with E-state index >= 15 is 0 Å². The minimum Gasteiger partial charge on any atom is -0.377 e. The number of hydrogen-bond acceptors (Lipinski definition) is 2. The molecule has 0 spiro atoms. The van der Waals surface area contributed by atoms with E-state index in [2.05, 4.69) is 23.7 Å². The van der Waals surface area contributed by atoms with Gasteiger partial charge < -0.3 is 14.6 Å². The largest absolute Gasteiger partial charge is 0.377 e. The van der Waals surface area contributed by atoms with Crippen LogP contribution in [-0.4, -0.2) is 30.2 Å². The van der Waals surface area contributed by atoms with E-state index in [1.54, 1.807) is 0 Å². The van der Waals surface area contributed by atoms with E-state index in [0.29, 0.717) is 36.3 Å². The first-order valence-corrected chi connectivity index (χ1v) is 11.0. The molecule has 5 heteroatoms. The Morgan fingerprint density at radius 2 is 1.93 bits per heavy atom. The molecule has 1 aliphatic heterocycles. The third-order valence-corrected chi connectivity index (χ3v) is 6.55. The van der Waals surface area contributed by atoms with E-state index in [1.807, 2.05) is 38.2 Å². The zero-order valence-electron chi connectivity index (χ0n) is 17.6. The molecule has 0 radical (unpaired) electrons. The predicted molar refractivity (Wildman–Crippen MR) is 116 cm³/mol. The lowest BCUT2D eigenvalue weighted by atomic mass is 9.77. The monoisotopic (exact) mass is 404 g/mol. The van der Waals surface area contributed by atoms with Gasteiger partial charge in [-0.3, -0.25) is 4.79 Å². The van der Waals surface area contributed by atoms with Gasteiger partial charge in [-0.15, -0.1) is 0 Å². The molecule has 2 aromatic rings. The second-order valence-corrected chi connectivity index (χ2v) is 8.84. The number of aromatic nitrogens is 1. The molecule has 0 atom stereocenters. The van der Waals surface area contributed by atoms with Crippen LogP contribution in [0.3, 0.4) is 0 Å². The molecule has 4 rings (SSSR count). The Morgan fingerprint density at radius 1 is 1.25 bits per heavy atom. The Morgan fingerprint density at radius 3 is 2.54 bits per heavy atom. The molecule has 1 aromatic heterocycles. The number of rotatable bonds is 5. The first-order valence-electron chi connectivity index (χ1n) is 10.6. The summed E-state index contributed by atoms with van der Waals surface area (Å²) in [6.07, 6.45) is 7.12. The lowest BCUT2D eigenvalue weighted by molar-refractivity contribution is -0.0214. The van der Waals surface area contributed by atoms with E-state index in [9.17, 15) is 4.79 Å². The quantitative estimate of drug-likeness (QED) is 0.680. The van der Waals surface area contributed by atoms with E-state index in [1.165, 1.54) is 25.7 Å². The summed E-state index contributed by atoms with van der Waals surface area (Å²) < 4.78 is 7.47. The van der Waals surface area contributed by atoms with Crippen LogP contribution in [0.5, 0.6) is 0 Å². The predicted octanol–water partition coefficient (Wildman–Crippen LogP) is 5.84. The van der Waals surface area contributed by atoms with Crippen molar-refractivity contribution in [1.29, 1.82) is 0 Å². The van der Waals surface area contributed by atoms with Gasteiger partial charge in [0, 0.05) is 18.1 Å². The maximum Gasteiger partial charge on any atom is 0.253 e. The number of benzene rings is 1. The summed E-state index contributed by atoms with van der Waals surface area (Å²) in [5.41, 5.74) is 1.79. The number of nitrogens with zero attached hydrogens (tertiary/aromatic N) is 1. The van der Waals surface area contributed by atoms with Crippen LogP contribution in [0, 0.1) is 11.3 Å². The van der Waals surface area contributed by atoms with Crippen molar-refractivity contribution in [3.8, 4) is 0 Å². The van der Waals surface area contributed by atoms with E-state index in [-0.39, 0.29) is 17.4 Å². The highest BCUT2D eigenvalue weighted by molar-refractivity contribution is 6.36. The van der Waals surface area contributed by atoms with Crippen LogP contribution in [0.25, 0.3) is 10.9 Å². The molecule has 2 heterocycles. The highest BCUT2D eigenvalue weighted by atomic mass is 35.5. The third-order valence-electron chi connectivity index (χ3n) is 6.23. The van der Waals surface area contributed by atoms with Crippen LogP contribution in [0.4, 0.5) is 0 Å². The summed E-state index contributed by atoms with van der Waals surface area (Å²) in [6, 6.07) is 6.10. The summed E-state index contributed by atoms with van der Waals surface area (Å²) in [7, 11) is 0. The molecule has 2 fully saturated rings. The zero-order valence-corrected chi connectivity index (χ0v) is 18.3. The van der Waals surface area contributed by atoms with Gasteiger partial charge in [-0.05, 0) is 36.3 Å². The van der Waals surface area contributed by atoms with Crippen molar-refractivity contribution in [2.24, 2.45) is 11.3 Å². The smallest absolute Gasteiger partial charge is 0.253 e. The highest BCUT2D eigenvalue weighted by Crippen LogP contribution is 2.39. The van der Waals surface area contributed by atoms with Crippen LogP contribution < -0.4 is 5.32 Å². The van der Waals surface area contributed by atoms with E-state index < -0.39 is 0 Å². The molecule has 0 bridgehead atoms. The van der Waals surface area contributed by atoms with Crippen molar-refractivity contribution in [1.82, 2.24) is 9.88 Å². The van der Waals surface area contributed by atoms with Crippen molar-refractivity contribution in [3.63, 3.8) is 0 Å². The molecule has 1 amide bonds. The lowest BCUT2D eigenvalue weighted by Crippen LogP contribution is -2.38. The van der Waals surface area contributed by atoms with Crippen LogP contribution >= 0.6 is 11.6 Å². The molecule has 1 N–H and O–H groups in total. The maximum absolute atomic E-state index is 13.0. The number of halogens is 1. The third kappa shape index (κ3) is 4.08. The minimum atomic E-state index is -0.0341. The number of amides is 1. The molecule has 2 aliphatic rings. The Bertz CT molecular complexity index is 817. The molecular weight excluding hydrogens is 372 g/mol. The van der Waals surface area contributed by atoms with Gasteiger partial charge >= 0.3 is 0 Å². The van der Waals surface area contributed by atoms with Gasteiger partial charge in [0.15, 0.2) is 0 Å². The average Bonchev–Trinajstić information content (AvgIpc) is 3.30. The summed E-state index contributed by atoms with van der Waals surface area (Å²) in [5, 5.41) is 4.65. The molecule has 1 aromatic carbocycles. The van der Waals surface area contributed by atoms with Gasteiger partial charge in [-0.25, -0.2) is 0 Å². The highest BCUT2D eigenvalue weighted by Gasteiger charge is 2.32. The minimum absolute atomic E-state index is 0.0341. The fraction of sp³-hybridized carbons (Fsp3) is 0.609. The average molecular weight is 405 g/mol. The van der Waals surface area contributed by atoms with Gasteiger partial charge in [0.05, 0.1) is 35.4 Å². The molecule has 1 saturated heterocycles. The maximum atomic E-state index is 13.0. The lowest BCUT2D eigenvalue weighted by Gasteiger charge is -2.31. The number of carbonyl (C=O) groups is 1. The van der Waals surface area contributed by atoms with Crippen molar-refractivity contribution in [2.45, 2.75) is 59.4 Å². The van der Waals surface area contributed by atoms with Gasteiger partial charge in [-0.2, -0.15) is 0 Å². The molecule has 154 valence electrons. The Hall–Kier alpha value is -1.52. The Labute approximate surface area is 173 Å². The van der Waals surface area contributed by atoms with Gasteiger partial charge in [0.2, 0.25) is 0 Å². The molecule has 4 nitrogen and oxygen atoms in total. The van der Waals surface area contributed by atoms with E-state index in [0.717, 1.165) is 10.9 Å². The van der Waals surface area contributed by atoms with E-state index in [4.69, 9.17) is 16.3 Å². The molecule has 28 heavy (non-hydrogen) atoms. The standard InChI is InChI=1S/C21H27ClN2O2.C2H6/c1-21(2,14-6-3-4-7-14)13-23-20(25)16-10-24(15-11-26-12-15)18-9-5-8-17(22)19(16)18;1-2/h5,8-10,14-15H,3-4,6-7,11-13H2,1-2H3,(H,23,25);1-2H3. The molecule has 1 aliphatic carbocycles. The number of nitrogens with one attached hydrogen (secondary N) is 1. The second kappa shape index (κ2) is 8.87. The summed E-state index contributed by atoms with van der Waals surface area (Å²) >= 11 is 6.45. The number of ether oxygens (including phenoxy) is 1. The molecular formula is C23H33ClN2O2. The molecule has 1 saturated carbocycles. The van der Waals surface area contributed by atoms with Crippen molar-refractivity contribution < 1.29 is 9.53 Å². The van der Waals surface area contributed by atoms with Gasteiger partial charge in [0.1, 0.15) is 0 Å². The fourth-order valence-electron chi connectivity index (χ4n) is 4.38. The number of fused-ring (bicyclic) bond motifs is 1. The normalized spacial score (nSPS) is 17.9. The van der Waals surface area contributed by atoms with Gasteiger partial charge in [-0.1, -0.05) is 58.2 Å². The van der Waals surface area contributed by atoms with Crippen LogP contribution in [0.15, 0.2) is 24.4 Å². The van der Waals surface area contributed by atoms with Crippen LogP contribution in [-0.2, 0) is 4.74 Å². The van der Waals surface area contributed by atoms with Crippen molar-refractivity contribution in [2.75, 3.05) is 19.8 Å². The molecule has 0 unspecified atom stereocenters. The fourth-order valence-corrected chi connectivity index (χ4v) is 4.65. The first-order chi connectivity index (χ1) is 13.5. The summed E-state index contributed by atoms with van der Waals surface area (Å²) in [4.78, 5) is 13.0. The number of hydrogen-bond donors (Lipinski definition) is 1. The Balaban J connectivity index is 0.00000109. The van der Waals surface area contributed by atoms with Gasteiger partial charge in [0.25, 0.3) is 5.91 Å². The SMILES string of the molecule is CC.CC(C)(CNC(=O)c1cn(C2COC2)c2cccc(Cl)c12)C1CCCC1. The number of carbonyl (C=O) groups excluding carboxylic acids is 1. The first kappa shape index (κ1) is 21.2. The van der Waals surface area contributed by atoms with Crippen molar-refractivity contribution in [3.05, 3.63) is 35.0 Å². The topological polar surface area (TPSA) is 43.3 Å². The summed E-state index contributed by atoms with van der Waals surface area (Å²) in [5.74, 6) is 0.660. The zero-order chi connectivity index (χ0) is 20.3. The van der Waals surface area contributed by atoms with Crippen LogP contribution in [0.2, 0.25) is 5.02 Å². The van der Waals surface area contributed by atoms with Crippen LogP contribution in [0.1, 0.15) is 69.8 Å². The second-order valence-electron chi connectivity index (χ2n) is 8.43.